The van der Waals surface area contributed by atoms with E-state index in [-0.39, 0.29) is 5.02 Å². The lowest BCUT2D eigenvalue weighted by molar-refractivity contribution is -0.133. The molecule has 4 amide bonds. The van der Waals surface area contributed by atoms with Crippen molar-refractivity contribution >= 4 is 58.5 Å². The molecule has 30 heavy (non-hydrogen) atoms. The average Bonchev–Trinajstić information content (AvgIpc) is 2.91. The number of thioether (sulfide) groups is 1. The van der Waals surface area contributed by atoms with Crippen molar-refractivity contribution in [2.45, 2.75) is 17.4 Å². The van der Waals surface area contributed by atoms with E-state index in [9.17, 15) is 14.4 Å². The van der Waals surface area contributed by atoms with Gasteiger partial charge in [0.05, 0.1) is 5.69 Å². The fourth-order valence-electron chi connectivity index (χ4n) is 3.10. The molecule has 2 N–H and O–H groups in total. The van der Waals surface area contributed by atoms with Gasteiger partial charge < -0.3 is 10.6 Å². The van der Waals surface area contributed by atoms with Crippen molar-refractivity contribution in [3.63, 3.8) is 0 Å². The molecule has 1 aliphatic rings. The van der Waals surface area contributed by atoms with Gasteiger partial charge in [-0.2, -0.15) is 0 Å². The van der Waals surface area contributed by atoms with Crippen LogP contribution in [-0.4, -0.2) is 35.0 Å². The molecule has 2 aromatic rings. The maximum absolute atomic E-state index is 13.0. The van der Waals surface area contributed by atoms with Crippen LogP contribution in [0.3, 0.4) is 0 Å². The smallest absolute Gasteiger partial charge is 0.324 e. The third-order valence-corrected chi connectivity index (χ3v) is 6.18. The van der Waals surface area contributed by atoms with Crippen molar-refractivity contribution in [2.75, 3.05) is 17.6 Å². The maximum atomic E-state index is 13.0. The van der Waals surface area contributed by atoms with E-state index in [1.807, 2.05) is 12.1 Å². The first kappa shape index (κ1) is 22.2. The first-order valence-electron chi connectivity index (χ1n) is 8.98. The molecule has 1 fully saturated rings. The molecule has 1 heterocycles. The largest absolute Gasteiger partial charge is 0.325 e. The van der Waals surface area contributed by atoms with Crippen molar-refractivity contribution in [3.05, 3.63) is 70.7 Å². The predicted molar refractivity (Wildman–Crippen MR) is 120 cm³/mol. The summed E-state index contributed by atoms with van der Waals surface area (Å²) in [7, 11) is 0. The number of nitrogens with one attached hydrogen (secondary N) is 2. The number of urea groups is 1. The SMILES string of the molecule is C=CCSc1ccccc1NC(=O)CN1C(=O)N[C@](C)(c2ccc(Cl)cc2Cl)C1=O. The summed E-state index contributed by atoms with van der Waals surface area (Å²) in [6.07, 6.45) is 1.76. The molecule has 1 aliphatic heterocycles. The van der Waals surface area contributed by atoms with Crippen LogP contribution in [0.4, 0.5) is 10.5 Å². The van der Waals surface area contributed by atoms with E-state index >= 15 is 0 Å². The monoisotopic (exact) mass is 463 g/mol. The van der Waals surface area contributed by atoms with E-state index in [1.54, 1.807) is 37.3 Å². The summed E-state index contributed by atoms with van der Waals surface area (Å²) in [5.41, 5.74) is -0.387. The number of hydrogen-bond acceptors (Lipinski definition) is 4. The molecule has 1 atom stereocenters. The molecule has 2 aromatic carbocycles. The Hall–Kier alpha value is -2.48. The van der Waals surface area contributed by atoms with Gasteiger partial charge in [-0.05, 0) is 31.2 Å². The van der Waals surface area contributed by atoms with Gasteiger partial charge in [0.2, 0.25) is 5.91 Å². The van der Waals surface area contributed by atoms with Crippen LogP contribution in [0.2, 0.25) is 10.0 Å². The zero-order valence-electron chi connectivity index (χ0n) is 16.1. The number of para-hydroxylation sites is 1. The van der Waals surface area contributed by atoms with Gasteiger partial charge in [-0.25, -0.2) is 4.79 Å². The van der Waals surface area contributed by atoms with Gasteiger partial charge >= 0.3 is 6.03 Å². The summed E-state index contributed by atoms with van der Waals surface area (Å²) < 4.78 is 0. The topological polar surface area (TPSA) is 78.5 Å². The van der Waals surface area contributed by atoms with Crippen LogP contribution >= 0.6 is 35.0 Å². The zero-order valence-corrected chi connectivity index (χ0v) is 18.4. The highest BCUT2D eigenvalue weighted by Crippen LogP contribution is 2.35. The van der Waals surface area contributed by atoms with Crippen molar-refractivity contribution in [1.29, 1.82) is 0 Å². The molecule has 9 heteroatoms. The minimum atomic E-state index is -1.39. The Bertz CT molecular complexity index is 1030. The molecule has 0 radical (unpaired) electrons. The van der Waals surface area contributed by atoms with Crippen LogP contribution in [0.1, 0.15) is 12.5 Å². The molecule has 6 nitrogen and oxygen atoms in total. The number of halogens is 2. The first-order chi connectivity index (χ1) is 14.3. The third-order valence-electron chi connectivity index (χ3n) is 4.56. The van der Waals surface area contributed by atoms with E-state index in [0.29, 0.717) is 22.0 Å². The van der Waals surface area contributed by atoms with Crippen molar-refractivity contribution < 1.29 is 14.4 Å². The minimum absolute atomic E-state index is 0.248. The summed E-state index contributed by atoms with van der Waals surface area (Å²) in [6, 6.07) is 11.3. The Morgan fingerprint density at radius 3 is 2.70 bits per heavy atom. The second kappa shape index (κ2) is 9.12. The Labute approximate surface area is 188 Å². The summed E-state index contributed by atoms with van der Waals surface area (Å²) in [6.45, 7) is 4.81. The van der Waals surface area contributed by atoms with Gasteiger partial charge in [0.1, 0.15) is 12.1 Å². The fraction of sp³-hybridized carbons (Fsp3) is 0.190. The van der Waals surface area contributed by atoms with E-state index < -0.39 is 29.9 Å². The van der Waals surface area contributed by atoms with Crippen molar-refractivity contribution in [1.82, 2.24) is 10.2 Å². The number of carbonyl (C=O) groups excluding carboxylic acids is 3. The lowest BCUT2D eigenvalue weighted by Crippen LogP contribution is -2.42. The highest BCUT2D eigenvalue weighted by atomic mass is 35.5. The standard InChI is InChI=1S/C21H19Cl2N3O3S/c1-3-10-30-17-7-5-4-6-16(17)24-18(27)12-26-19(28)21(2,25-20(26)29)14-9-8-13(22)11-15(14)23/h3-9,11H,1,10,12H2,2H3,(H,24,27)(H,25,29)/t21-/m1/s1. The lowest BCUT2D eigenvalue weighted by Gasteiger charge is -2.23. The Morgan fingerprint density at radius 1 is 1.27 bits per heavy atom. The summed E-state index contributed by atoms with van der Waals surface area (Å²) in [5, 5.41) is 6.05. The van der Waals surface area contributed by atoms with Gasteiger partial charge in [0, 0.05) is 26.3 Å². The number of imide groups is 1. The second-order valence-corrected chi connectivity index (χ2v) is 8.62. The van der Waals surface area contributed by atoms with Crippen LogP contribution in [0.5, 0.6) is 0 Å². The molecule has 0 unspecified atom stereocenters. The number of carbonyl (C=O) groups is 3. The van der Waals surface area contributed by atoms with Gasteiger partial charge in [0.25, 0.3) is 5.91 Å². The minimum Gasteiger partial charge on any atom is -0.324 e. The number of nitrogens with zero attached hydrogens (tertiary/aromatic N) is 1. The van der Waals surface area contributed by atoms with Crippen molar-refractivity contribution in [2.24, 2.45) is 0 Å². The zero-order chi connectivity index (χ0) is 21.9. The molecule has 0 saturated carbocycles. The normalized spacial score (nSPS) is 18.3. The quantitative estimate of drug-likeness (QED) is 0.355. The van der Waals surface area contributed by atoms with E-state index in [1.165, 1.54) is 17.8 Å². The molecular formula is C21H19Cl2N3O3S. The molecule has 0 aromatic heterocycles. The molecule has 156 valence electrons. The maximum Gasteiger partial charge on any atom is 0.325 e. The fourth-order valence-corrected chi connectivity index (χ4v) is 4.44. The Balaban J connectivity index is 1.76. The number of rotatable bonds is 7. The predicted octanol–water partition coefficient (Wildman–Crippen LogP) is 4.68. The van der Waals surface area contributed by atoms with Crippen LogP contribution in [0, 0.1) is 0 Å². The highest BCUT2D eigenvalue weighted by molar-refractivity contribution is 7.99. The Morgan fingerprint density at radius 2 is 2.00 bits per heavy atom. The lowest BCUT2D eigenvalue weighted by atomic mass is 9.92. The Kier molecular flexibility index (Phi) is 6.75. The van der Waals surface area contributed by atoms with Gasteiger partial charge in [0.15, 0.2) is 0 Å². The van der Waals surface area contributed by atoms with Crippen LogP contribution in [0.15, 0.2) is 60.0 Å². The molecule has 0 aliphatic carbocycles. The summed E-state index contributed by atoms with van der Waals surface area (Å²) in [4.78, 5) is 39.8. The molecule has 0 spiro atoms. The molecule has 3 rings (SSSR count). The molecule has 1 saturated heterocycles. The molecule has 0 bridgehead atoms. The number of benzene rings is 2. The first-order valence-corrected chi connectivity index (χ1v) is 10.7. The summed E-state index contributed by atoms with van der Waals surface area (Å²) in [5.74, 6) is -0.377. The number of anilines is 1. The molecular weight excluding hydrogens is 445 g/mol. The average molecular weight is 464 g/mol. The van der Waals surface area contributed by atoms with E-state index in [0.717, 1.165) is 9.80 Å². The third kappa shape index (κ3) is 4.48. The van der Waals surface area contributed by atoms with Crippen LogP contribution in [0.25, 0.3) is 0 Å². The van der Waals surface area contributed by atoms with E-state index in [2.05, 4.69) is 17.2 Å². The number of hydrogen-bond donors (Lipinski definition) is 2. The second-order valence-electron chi connectivity index (χ2n) is 6.71. The summed E-state index contributed by atoms with van der Waals surface area (Å²) >= 11 is 13.7. The highest BCUT2D eigenvalue weighted by Gasteiger charge is 2.50. The van der Waals surface area contributed by atoms with Crippen LogP contribution in [-0.2, 0) is 15.1 Å². The van der Waals surface area contributed by atoms with E-state index in [4.69, 9.17) is 23.2 Å². The number of amides is 4. The van der Waals surface area contributed by atoms with Gasteiger partial charge in [-0.15, -0.1) is 18.3 Å². The van der Waals surface area contributed by atoms with Crippen LogP contribution < -0.4 is 10.6 Å². The van der Waals surface area contributed by atoms with Gasteiger partial charge in [-0.1, -0.05) is 47.5 Å². The van der Waals surface area contributed by atoms with Gasteiger partial charge in [-0.3, -0.25) is 14.5 Å². The van der Waals surface area contributed by atoms with Crippen molar-refractivity contribution in [3.8, 4) is 0 Å².